The van der Waals surface area contributed by atoms with Crippen molar-refractivity contribution in [3.63, 3.8) is 0 Å². The molecule has 9 heteroatoms. The van der Waals surface area contributed by atoms with Crippen LogP contribution in [0.1, 0.15) is 17.6 Å². The quantitative estimate of drug-likeness (QED) is 0.603. The Hall–Kier alpha value is -1.90. The molecule has 0 unspecified atom stereocenters. The van der Waals surface area contributed by atoms with E-state index in [0.29, 0.717) is 4.47 Å². The summed E-state index contributed by atoms with van der Waals surface area (Å²) in [5.41, 5.74) is -0.0872. The van der Waals surface area contributed by atoms with Gasteiger partial charge in [-0.15, -0.1) is 13.2 Å². The van der Waals surface area contributed by atoms with Crippen molar-refractivity contribution in [2.45, 2.75) is 19.3 Å². The van der Waals surface area contributed by atoms with Crippen LogP contribution in [0.2, 0.25) is 0 Å². The normalized spacial score (nSPS) is 11.7. The lowest BCUT2D eigenvalue weighted by Crippen LogP contribution is -2.17. The molecule has 0 atom stereocenters. The molecule has 0 saturated heterocycles. The molecule has 0 saturated carbocycles. The average molecular weight is 414 g/mol. The maximum Gasteiger partial charge on any atom is 0.573 e. The molecule has 130 valence electrons. The van der Waals surface area contributed by atoms with Crippen LogP contribution in [0.25, 0.3) is 0 Å². The fraction of sp³-hybridized carbons (Fsp3) is 0.200. The van der Waals surface area contributed by atoms with E-state index in [1.54, 1.807) is 0 Å². The topological polar surface area (TPSA) is 21.3 Å². The van der Waals surface area contributed by atoms with Gasteiger partial charge < -0.3 is 10.1 Å². The van der Waals surface area contributed by atoms with Gasteiger partial charge in [-0.2, -0.15) is 0 Å². The Morgan fingerprint density at radius 1 is 1.08 bits per heavy atom. The van der Waals surface area contributed by atoms with Crippen molar-refractivity contribution in [1.82, 2.24) is 0 Å². The number of nitrogens with one attached hydrogen (secondary N) is 1. The Kier molecular flexibility index (Phi) is 5.63. The SMILES string of the molecule is Fc1ccc(OC(F)(F)F)cc1CNc1cc(C(F)F)ccc1Br. The highest BCUT2D eigenvalue weighted by atomic mass is 79.9. The highest BCUT2D eigenvalue weighted by molar-refractivity contribution is 9.10. The Labute approximate surface area is 141 Å². The Bertz CT molecular complexity index is 720. The third-order valence-electron chi connectivity index (χ3n) is 2.96. The molecular formula is C15H10BrF6NO. The van der Waals surface area contributed by atoms with Gasteiger partial charge in [0.25, 0.3) is 6.43 Å². The van der Waals surface area contributed by atoms with Crippen LogP contribution in [0.15, 0.2) is 40.9 Å². The first kappa shape index (κ1) is 18.4. The maximum absolute atomic E-state index is 13.7. The van der Waals surface area contributed by atoms with Gasteiger partial charge in [-0.3, -0.25) is 0 Å². The molecule has 1 N–H and O–H groups in total. The molecule has 2 aromatic carbocycles. The van der Waals surface area contributed by atoms with Gasteiger partial charge in [0.15, 0.2) is 0 Å². The number of hydrogen-bond donors (Lipinski definition) is 1. The summed E-state index contributed by atoms with van der Waals surface area (Å²) in [5.74, 6) is -1.32. The maximum atomic E-state index is 13.7. The molecular weight excluding hydrogens is 404 g/mol. The highest BCUT2D eigenvalue weighted by Gasteiger charge is 2.31. The molecule has 0 radical (unpaired) electrons. The van der Waals surface area contributed by atoms with Crippen LogP contribution < -0.4 is 10.1 Å². The summed E-state index contributed by atoms with van der Waals surface area (Å²) >= 11 is 3.15. The molecule has 0 aromatic heterocycles. The second kappa shape index (κ2) is 7.33. The van der Waals surface area contributed by atoms with Crippen molar-refractivity contribution in [2.24, 2.45) is 0 Å². The highest BCUT2D eigenvalue weighted by Crippen LogP contribution is 2.30. The number of alkyl halides is 5. The molecule has 0 bridgehead atoms. The second-order valence-corrected chi connectivity index (χ2v) is 5.55. The molecule has 24 heavy (non-hydrogen) atoms. The van der Waals surface area contributed by atoms with Crippen LogP contribution in [0, 0.1) is 5.82 Å². The largest absolute Gasteiger partial charge is 0.573 e. The molecule has 0 aliphatic heterocycles. The average Bonchev–Trinajstić information content (AvgIpc) is 2.47. The molecule has 0 amide bonds. The predicted molar refractivity (Wildman–Crippen MR) is 79.5 cm³/mol. The number of rotatable bonds is 5. The fourth-order valence-corrected chi connectivity index (χ4v) is 2.28. The number of benzene rings is 2. The predicted octanol–water partition coefficient (Wildman–Crippen LogP) is 6.04. The molecule has 2 nitrogen and oxygen atoms in total. The second-order valence-electron chi connectivity index (χ2n) is 4.69. The zero-order valence-electron chi connectivity index (χ0n) is 11.8. The first-order chi connectivity index (χ1) is 11.2. The molecule has 0 spiro atoms. The van der Waals surface area contributed by atoms with Crippen molar-refractivity contribution in [3.05, 3.63) is 57.8 Å². The summed E-state index contributed by atoms with van der Waals surface area (Å²) in [4.78, 5) is 0. The van der Waals surface area contributed by atoms with Crippen LogP contribution in [-0.2, 0) is 6.54 Å². The van der Waals surface area contributed by atoms with Crippen LogP contribution in [0.5, 0.6) is 5.75 Å². The van der Waals surface area contributed by atoms with Gasteiger partial charge in [0, 0.05) is 27.8 Å². The molecule has 0 heterocycles. The van der Waals surface area contributed by atoms with Gasteiger partial charge in [0.2, 0.25) is 0 Å². The lowest BCUT2D eigenvalue weighted by atomic mass is 10.1. The summed E-state index contributed by atoms with van der Waals surface area (Å²) in [6, 6.07) is 6.35. The van der Waals surface area contributed by atoms with E-state index >= 15 is 0 Å². The van der Waals surface area contributed by atoms with E-state index < -0.39 is 24.4 Å². The van der Waals surface area contributed by atoms with E-state index in [-0.39, 0.29) is 23.4 Å². The Morgan fingerprint density at radius 2 is 1.79 bits per heavy atom. The van der Waals surface area contributed by atoms with Crippen LogP contribution >= 0.6 is 15.9 Å². The van der Waals surface area contributed by atoms with E-state index in [0.717, 1.165) is 18.2 Å². The lowest BCUT2D eigenvalue weighted by molar-refractivity contribution is -0.274. The standard InChI is InChI=1S/C15H10BrF6NO/c16-11-3-1-8(14(18)19)6-13(11)23-7-9-5-10(2-4-12(9)17)24-15(20,21)22/h1-6,14,23H,7H2. The fourth-order valence-electron chi connectivity index (χ4n) is 1.89. The van der Waals surface area contributed by atoms with Crippen molar-refractivity contribution in [2.75, 3.05) is 5.32 Å². The Morgan fingerprint density at radius 3 is 2.42 bits per heavy atom. The minimum absolute atomic E-state index is 0.105. The van der Waals surface area contributed by atoms with Crippen molar-refractivity contribution in [3.8, 4) is 5.75 Å². The van der Waals surface area contributed by atoms with Gasteiger partial charge >= 0.3 is 6.36 Å². The summed E-state index contributed by atoms with van der Waals surface area (Å²) in [5, 5.41) is 2.70. The summed E-state index contributed by atoms with van der Waals surface area (Å²) in [6.07, 6.45) is -7.57. The number of hydrogen-bond acceptors (Lipinski definition) is 2. The van der Waals surface area contributed by atoms with E-state index in [1.807, 2.05) is 0 Å². The first-order valence-electron chi connectivity index (χ1n) is 6.51. The molecule has 2 aromatic rings. The monoisotopic (exact) mass is 413 g/mol. The minimum atomic E-state index is -4.89. The Balaban J connectivity index is 2.17. The molecule has 0 fully saturated rings. The third-order valence-corrected chi connectivity index (χ3v) is 3.65. The lowest BCUT2D eigenvalue weighted by Gasteiger charge is -2.13. The summed E-state index contributed by atoms with van der Waals surface area (Å²) in [6.45, 7) is -0.216. The number of anilines is 1. The van der Waals surface area contributed by atoms with E-state index in [4.69, 9.17) is 0 Å². The molecule has 0 aliphatic carbocycles. The van der Waals surface area contributed by atoms with Gasteiger partial charge in [0.05, 0.1) is 0 Å². The smallest absolute Gasteiger partial charge is 0.406 e. The molecule has 0 aliphatic rings. The van der Waals surface area contributed by atoms with Crippen molar-refractivity contribution >= 4 is 21.6 Å². The van der Waals surface area contributed by atoms with Gasteiger partial charge in [-0.25, -0.2) is 13.2 Å². The summed E-state index contributed by atoms with van der Waals surface area (Å²) in [7, 11) is 0. The van der Waals surface area contributed by atoms with E-state index in [1.165, 1.54) is 18.2 Å². The van der Waals surface area contributed by atoms with Crippen LogP contribution in [0.4, 0.5) is 32.0 Å². The van der Waals surface area contributed by atoms with Crippen molar-refractivity contribution < 1.29 is 31.1 Å². The van der Waals surface area contributed by atoms with Gasteiger partial charge in [0.1, 0.15) is 11.6 Å². The van der Waals surface area contributed by atoms with Gasteiger partial charge in [-0.1, -0.05) is 6.07 Å². The van der Waals surface area contributed by atoms with E-state index in [9.17, 15) is 26.3 Å². The molecule has 2 rings (SSSR count). The number of ether oxygens (including phenoxy) is 1. The third kappa shape index (κ3) is 5.05. The van der Waals surface area contributed by atoms with E-state index in [2.05, 4.69) is 26.0 Å². The summed E-state index contributed by atoms with van der Waals surface area (Å²) < 4.78 is 79.8. The zero-order chi connectivity index (χ0) is 17.9. The van der Waals surface area contributed by atoms with Gasteiger partial charge in [-0.05, 0) is 46.3 Å². The number of halogens is 7. The zero-order valence-corrected chi connectivity index (χ0v) is 13.4. The van der Waals surface area contributed by atoms with Crippen LogP contribution in [0.3, 0.4) is 0 Å². The van der Waals surface area contributed by atoms with Crippen LogP contribution in [-0.4, -0.2) is 6.36 Å². The minimum Gasteiger partial charge on any atom is -0.406 e. The van der Waals surface area contributed by atoms with Crippen molar-refractivity contribution in [1.29, 1.82) is 0 Å². The first-order valence-corrected chi connectivity index (χ1v) is 7.30.